The van der Waals surface area contributed by atoms with Crippen molar-refractivity contribution in [2.75, 3.05) is 6.54 Å². The number of nitrogens with zero attached hydrogens (tertiary/aromatic N) is 2. The van der Waals surface area contributed by atoms with Gasteiger partial charge in [-0.3, -0.25) is 0 Å². The van der Waals surface area contributed by atoms with E-state index in [1.54, 1.807) is 6.08 Å². The van der Waals surface area contributed by atoms with Gasteiger partial charge in [-0.25, -0.2) is 4.99 Å². The third kappa shape index (κ3) is 3.12. The fourth-order valence-corrected chi connectivity index (χ4v) is 1.12. The highest BCUT2D eigenvalue weighted by Crippen LogP contribution is 2.12. The molecule has 0 saturated carbocycles. The van der Waals surface area contributed by atoms with Crippen LogP contribution in [0.2, 0.25) is 0 Å². The second-order valence-electron chi connectivity index (χ2n) is 3.17. The zero-order chi connectivity index (χ0) is 11.3. The van der Waals surface area contributed by atoms with E-state index in [1.807, 2.05) is 13.8 Å². The first kappa shape index (κ1) is 11.3. The van der Waals surface area contributed by atoms with Gasteiger partial charge in [0.15, 0.2) is 5.96 Å². The van der Waals surface area contributed by atoms with Crippen molar-refractivity contribution in [3.8, 4) is 0 Å². The molecular formula is C10H16N4O. The molecule has 1 rings (SSSR count). The van der Waals surface area contributed by atoms with Crippen molar-refractivity contribution in [1.29, 1.82) is 0 Å². The lowest BCUT2D eigenvalue weighted by atomic mass is 10.2. The third-order valence-electron chi connectivity index (χ3n) is 2.02. The van der Waals surface area contributed by atoms with Crippen molar-refractivity contribution in [3.63, 3.8) is 0 Å². The summed E-state index contributed by atoms with van der Waals surface area (Å²) in [6.45, 7) is 8.41. The zero-order valence-electron chi connectivity index (χ0n) is 9.08. The van der Waals surface area contributed by atoms with E-state index in [1.165, 1.54) is 0 Å². The van der Waals surface area contributed by atoms with Crippen LogP contribution in [0.3, 0.4) is 0 Å². The summed E-state index contributed by atoms with van der Waals surface area (Å²) >= 11 is 0. The number of aryl methyl sites for hydroxylation is 2. The highest BCUT2D eigenvalue weighted by atomic mass is 16.5. The third-order valence-corrected chi connectivity index (χ3v) is 2.02. The molecule has 0 saturated heterocycles. The van der Waals surface area contributed by atoms with Crippen molar-refractivity contribution in [1.82, 2.24) is 10.5 Å². The van der Waals surface area contributed by atoms with Gasteiger partial charge in [-0.2, -0.15) is 0 Å². The minimum atomic E-state index is 0.398. The molecule has 0 radical (unpaired) electrons. The molecule has 15 heavy (non-hydrogen) atoms. The van der Waals surface area contributed by atoms with E-state index in [-0.39, 0.29) is 0 Å². The molecule has 0 aliphatic heterocycles. The topological polar surface area (TPSA) is 76.4 Å². The molecule has 1 aromatic rings. The largest absolute Gasteiger partial charge is 0.370 e. The average Bonchev–Trinajstić information content (AvgIpc) is 2.53. The van der Waals surface area contributed by atoms with E-state index in [2.05, 4.69) is 22.0 Å². The Bertz CT molecular complexity index is 348. The molecule has 0 aliphatic rings. The predicted octanol–water partition coefficient (Wildman–Crippen LogP) is 0.882. The van der Waals surface area contributed by atoms with Gasteiger partial charge in [0, 0.05) is 12.1 Å². The van der Waals surface area contributed by atoms with E-state index in [0.717, 1.165) is 17.0 Å². The molecule has 5 nitrogen and oxygen atoms in total. The Balaban J connectivity index is 2.59. The lowest BCUT2D eigenvalue weighted by Crippen LogP contribution is -2.31. The van der Waals surface area contributed by atoms with Gasteiger partial charge in [-0.05, 0) is 13.8 Å². The number of hydrogen-bond acceptors (Lipinski definition) is 3. The SMILES string of the molecule is C=CCNC(N)=NCc1c(C)noc1C. The minimum Gasteiger partial charge on any atom is -0.370 e. The van der Waals surface area contributed by atoms with Gasteiger partial charge in [0.25, 0.3) is 0 Å². The normalized spacial score (nSPS) is 11.5. The van der Waals surface area contributed by atoms with Crippen molar-refractivity contribution in [2.45, 2.75) is 20.4 Å². The van der Waals surface area contributed by atoms with Crippen LogP contribution in [0.1, 0.15) is 17.0 Å². The summed E-state index contributed by atoms with van der Waals surface area (Å²) in [7, 11) is 0. The molecule has 1 aromatic heterocycles. The number of aromatic nitrogens is 1. The van der Waals surface area contributed by atoms with Crippen molar-refractivity contribution >= 4 is 5.96 Å². The number of rotatable bonds is 4. The number of guanidine groups is 1. The van der Waals surface area contributed by atoms with Gasteiger partial charge in [-0.15, -0.1) is 6.58 Å². The first-order valence-corrected chi connectivity index (χ1v) is 4.71. The number of nitrogens with one attached hydrogen (secondary N) is 1. The van der Waals surface area contributed by atoms with Crippen LogP contribution < -0.4 is 11.1 Å². The molecular weight excluding hydrogens is 192 g/mol. The van der Waals surface area contributed by atoms with Crippen LogP contribution in [-0.2, 0) is 6.54 Å². The molecule has 0 amide bonds. The van der Waals surface area contributed by atoms with Crippen LogP contribution in [0.4, 0.5) is 0 Å². The number of hydrogen-bond donors (Lipinski definition) is 2. The lowest BCUT2D eigenvalue weighted by molar-refractivity contribution is 0.392. The monoisotopic (exact) mass is 208 g/mol. The molecule has 3 N–H and O–H groups in total. The van der Waals surface area contributed by atoms with Gasteiger partial charge in [0.2, 0.25) is 0 Å². The van der Waals surface area contributed by atoms with Gasteiger partial charge < -0.3 is 15.6 Å². The summed E-state index contributed by atoms with van der Waals surface area (Å²) in [6, 6.07) is 0. The lowest BCUT2D eigenvalue weighted by Gasteiger charge is -2.01. The van der Waals surface area contributed by atoms with Crippen LogP contribution >= 0.6 is 0 Å². The van der Waals surface area contributed by atoms with Crippen LogP contribution in [-0.4, -0.2) is 17.7 Å². The summed E-state index contributed by atoms with van der Waals surface area (Å²) in [5.74, 6) is 1.18. The van der Waals surface area contributed by atoms with Gasteiger partial charge in [0.1, 0.15) is 5.76 Å². The summed E-state index contributed by atoms with van der Waals surface area (Å²) in [6.07, 6.45) is 1.72. The van der Waals surface area contributed by atoms with Gasteiger partial charge in [0.05, 0.1) is 12.2 Å². The number of nitrogens with two attached hydrogens (primary N) is 1. The zero-order valence-corrected chi connectivity index (χ0v) is 9.08. The summed E-state index contributed by atoms with van der Waals surface area (Å²) in [4.78, 5) is 4.16. The highest BCUT2D eigenvalue weighted by Gasteiger charge is 2.07. The van der Waals surface area contributed by atoms with Gasteiger partial charge in [-0.1, -0.05) is 11.2 Å². The summed E-state index contributed by atoms with van der Waals surface area (Å²) in [5.41, 5.74) is 7.46. The molecule has 5 heteroatoms. The average molecular weight is 208 g/mol. The molecule has 1 heterocycles. The maximum absolute atomic E-state index is 5.62. The first-order chi connectivity index (χ1) is 7.15. The second kappa shape index (κ2) is 5.19. The Labute approximate surface area is 89.0 Å². The van der Waals surface area contributed by atoms with Crippen molar-refractivity contribution in [3.05, 3.63) is 29.7 Å². The Kier molecular flexibility index (Phi) is 3.91. The summed E-state index contributed by atoms with van der Waals surface area (Å²) in [5, 5.41) is 6.73. The van der Waals surface area contributed by atoms with E-state index < -0.39 is 0 Å². The second-order valence-corrected chi connectivity index (χ2v) is 3.17. The van der Waals surface area contributed by atoms with E-state index in [0.29, 0.717) is 19.0 Å². The van der Waals surface area contributed by atoms with Crippen LogP contribution in [0.5, 0.6) is 0 Å². The molecule has 0 fully saturated rings. The van der Waals surface area contributed by atoms with Crippen LogP contribution in [0.25, 0.3) is 0 Å². The van der Waals surface area contributed by atoms with E-state index in [4.69, 9.17) is 10.3 Å². The first-order valence-electron chi connectivity index (χ1n) is 4.71. The van der Waals surface area contributed by atoms with Crippen LogP contribution in [0, 0.1) is 13.8 Å². The fraction of sp³-hybridized carbons (Fsp3) is 0.400. The minimum absolute atomic E-state index is 0.398. The van der Waals surface area contributed by atoms with Crippen LogP contribution in [0.15, 0.2) is 22.2 Å². The molecule has 0 aliphatic carbocycles. The maximum atomic E-state index is 5.62. The molecule has 82 valence electrons. The fourth-order valence-electron chi connectivity index (χ4n) is 1.12. The molecule has 0 aromatic carbocycles. The molecule has 0 bridgehead atoms. The van der Waals surface area contributed by atoms with Gasteiger partial charge >= 0.3 is 0 Å². The highest BCUT2D eigenvalue weighted by molar-refractivity contribution is 5.77. The molecule has 0 spiro atoms. The predicted molar refractivity (Wildman–Crippen MR) is 59.5 cm³/mol. The Morgan fingerprint density at radius 2 is 2.40 bits per heavy atom. The number of aliphatic imine (C=N–C) groups is 1. The standard InChI is InChI=1S/C10H16N4O/c1-4-5-12-10(11)13-6-9-7(2)14-15-8(9)3/h4H,1,5-6H2,2-3H3,(H3,11,12,13). The quantitative estimate of drug-likeness (QED) is 0.437. The summed E-state index contributed by atoms with van der Waals surface area (Å²) < 4.78 is 5.01. The van der Waals surface area contributed by atoms with E-state index >= 15 is 0 Å². The Morgan fingerprint density at radius 3 is 2.93 bits per heavy atom. The Morgan fingerprint density at radius 1 is 1.67 bits per heavy atom. The smallest absolute Gasteiger partial charge is 0.189 e. The molecule has 0 atom stereocenters. The van der Waals surface area contributed by atoms with E-state index in [9.17, 15) is 0 Å². The van der Waals surface area contributed by atoms with Crippen molar-refractivity contribution in [2.24, 2.45) is 10.7 Å². The molecule has 0 unspecified atom stereocenters. The Hall–Kier alpha value is -1.78. The maximum Gasteiger partial charge on any atom is 0.189 e. The van der Waals surface area contributed by atoms with Crippen molar-refractivity contribution < 1.29 is 4.52 Å².